The number of likely N-dealkylation sites (tertiary alicyclic amines) is 1. The Morgan fingerprint density at radius 2 is 2.33 bits per heavy atom. The number of carbonyl (C=O) groups is 1. The fraction of sp³-hybridized carbons (Fsp3) is 0.692. The molecule has 0 radical (unpaired) electrons. The zero-order valence-corrected chi connectivity index (χ0v) is 11.1. The maximum atomic E-state index is 11.5. The third-order valence-electron chi connectivity index (χ3n) is 4.14. The van der Waals surface area contributed by atoms with E-state index in [1.165, 1.54) is 0 Å². The smallest absolute Gasteiger partial charge is 0.324 e. The first-order chi connectivity index (χ1) is 8.60. The van der Waals surface area contributed by atoms with E-state index in [0.29, 0.717) is 6.42 Å². The molecule has 2 rings (SSSR count). The lowest BCUT2D eigenvalue weighted by Crippen LogP contribution is -2.51. The molecule has 1 aliphatic rings. The lowest BCUT2D eigenvalue weighted by molar-refractivity contribution is -0.150. The van der Waals surface area contributed by atoms with E-state index in [-0.39, 0.29) is 0 Å². The molecule has 1 aromatic rings. The molecule has 18 heavy (non-hydrogen) atoms. The number of aliphatic carboxylic acids is 1. The number of hydrogen-bond donors (Lipinski definition) is 1. The molecule has 0 spiro atoms. The standard InChI is InChI=1S/C13H21N3O2/c1-3-13(12(17)18)5-4-7-16(13)10-9-15-8-6-14-11(15)2/h6,8H,3-5,7,9-10H2,1-2H3,(H,17,18). The molecular weight excluding hydrogens is 230 g/mol. The minimum Gasteiger partial charge on any atom is -0.480 e. The van der Waals surface area contributed by atoms with Gasteiger partial charge in [0.15, 0.2) is 0 Å². The predicted octanol–water partition coefficient (Wildman–Crippen LogP) is 1.52. The Bertz CT molecular complexity index is 430. The highest BCUT2D eigenvalue weighted by Gasteiger charge is 2.45. The van der Waals surface area contributed by atoms with Gasteiger partial charge >= 0.3 is 5.97 Å². The van der Waals surface area contributed by atoms with Crippen molar-refractivity contribution in [3.8, 4) is 0 Å². The molecule has 0 bridgehead atoms. The van der Waals surface area contributed by atoms with Gasteiger partial charge in [0.1, 0.15) is 11.4 Å². The van der Waals surface area contributed by atoms with Crippen molar-refractivity contribution in [2.24, 2.45) is 0 Å². The first-order valence-corrected chi connectivity index (χ1v) is 6.56. The number of carboxylic acids is 1. The molecule has 0 aromatic carbocycles. The summed E-state index contributed by atoms with van der Waals surface area (Å²) in [5, 5.41) is 9.49. The van der Waals surface area contributed by atoms with Crippen LogP contribution in [0.25, 0.3) is 0 Å². The molecule has 0 amide bonds. The van der Waals surface area contributed by atoms with Crippen LogP contribution in [-0.4, -0.2) is 44.2 Å². The molecule has 1 aliphatic heterocycles. The van der Waals surface area contributed by atoms with Gasteiger partial charge < -0.3 is 9.67 Å². The Morgan fingerprint density at radius 1 is 1.56 bits per heavy atom. The normalized spacial score (nSPS) is 24.6. The van der Waals surface area contributed by atoms with Crippen LogP contribution >= 0.6 is 0 Å². The molecule has 0 saturated carbocycles. The second-order valence-electron chi connectivity index (χ2n) is 4.95. The average molecular weight is 251 g/mol. The summed E-state index contributed by atoms with van der Waals surface area (Å²) in [6.07, 6.45) is 6.14. The van der Waals surface area contributed by atoms with Crippen molar-refractivity contribution in [1.29, 1.82) is 0 Å². The van der Waals surface area contributed by atoms with Crippen LogP contribution in [0.2, 0.25) is 0 Å². The van der Waals surface area contributed by atoms with Gasteiger partial charge in [-0.3, -0.25) is 9.69 Å². The lowest BCUT2D eigenvalue weighted by atomic mass is 9.93. The van der Waals surface area contributed by atoms with Crippen LogP contribution in [0.5, 0.6) is 0 Å². The second-order valence-corrected chi connectivity index (χ2v) is 4.95. The lowest BCUT2D eigenvalue weighted by Gasteiger charge is -2.34. The molecule has 100 valence electrons. The minimum absolute atomic E-state index is 0.644. The van der Waals surface area contributed by atoms with Crippen molar-refractivity contribution in [1.82, 2.24) is 14.5 Å². The maximum absolute atomic E-state index is 11.5. The molecule has 5 nitrogen and oxygen atoms in total. The van der Waals surface area contributed by atoms with Crippen molar-refractivity contribution in [2.45, 2.75) is 45.2 Å². The highest BCUT2D eigenvalue weighted by atomic mass is 16.4. The molecule has 0 aliphatic carbocycles. The number of aryl methyl sites for hydroxylation is 1. The summed E-state index contributed by atoms with van der Waals surface area (Å²) >= 11 is 0. The summed E-state index contributed by atoms with van der Waals surface area (Å²) in [5.41, 5.74) is -0.644. The van der Waals surface area contributed by atoms with E-state index in [4.69, 9.17) is 0 Å². The number of rotatable bonds is 5. The molecular formula is C13H21N3O2. The van der Waals surface area contributed by atoms with E-state index in [0.717, 1.165) is 38.3 Å². The Labute approximate surface area is 107 Å². The van der Waals surface area contributed by atoms with E-state index in [9.17, 15) is 9.90 Å². The molecule has 1 N–H and O–H groups in total. The van der Waals surface area contributed by atoms with Gasteiger partial charge in [0.2, 0.25) is 0 Å². The Balaban J connectivity index is 2.04. The molecule has 1 saturated heterocycles. The minimum atomic E-state index is -0.676. The Morgan fingerprint density at radius 3 is 2.89 bits per heavy atom. The van der Waals surface area contributed by atoms with Crippen molar-refractivity contribution in [3.63, 3.8) is 0 Å². The van der Waals surface area contributed by atoms with Crippen LogP contribution in [0.1, 0.15) is 32.0 Å². The van der Waals surface area contributed by atoms with Gasteiger partial charge in [-0.2, -0.15) is 0 Å². The van der Waals surface area contributed by atoms with Gasteiger partial charge in [0.25, 0.3) is 0 Å². The third-order valence-corrected chi connectivity index (χ3v) is 4.14. The number of imidazole rings is 1. The van der Waals surface area contributed by atoms with Crippen molar-refractivity contribution in [2.75, 3.05) is 13.1 Å². The van der Waals surface area contributed by atoms with E-state index in [1.807, 2.05) is 20.0 Å². The summed E-state index contributed by atoms with van der Waals surface area (Å²) in [5.74, 6) is 0.302. The maximum Gasteiger partial charge on any atom is 0.324 e. The molecule has 1 unspecified atom stereocenters. The Kier molecular flexibility index (Phi) is 3.71. The van der Waals surface area contributed by atoms with Gasteiger partial charge in [-0.15, -0.1) is 0 Å². The highest BCUT2D eigenvalue weighted by molar-refractivity contribution is 5.79. The van der Waals surface area contributed by atoms with Crippen LogP contribution < -0.4 is 0 Å². The summed E-state index contributed by atoms with van der Waals surface area (Å²) in [6.45, 7) is 6.40. The number of nitrogens with zero attached hydrogens (tertiary/aromatic N) is 3. The van der Waals surface area contributed by atoms with Crippen LogP contribution in [0, 0.1) is 6.92 Å². The summed E-state index contributed by atoms with van der Waals surface area (Å²) < 4.78 is 2.07. The van der Waals surface area contributed by atoms with Crippen molar-refractivity contribution in [3.05, 3.63) is 18.2 Å². The number of carboxylic acid groups (broad SMARTS) is 1. The van der Waals surface area contributed by atoms with Gasteiger partial charge in [-0.25, -0.2) is 4.98 Å². The van der Waals surface area contributed by atoms with Crippen LogP contribution in [0.4, 0.5) is 0 Å². The van der Waals surface area contributed by atoms with Crippen LogP contribution in [0.3, 0.4) is 0 Å². The van der Waals surface area contributed by atoms with Gasteiger partial charge in [-0.1, -0.05) is 6.92 Å². The van der Waals surface area contributed by atoms with Crippen LogP contribution in [-0.2, 0) is 11.3 Å². The fourth-order valence-corrected chi connectivity index (χ4v) is 2.92. The topological polar surface area (TPSA) is 58.4 Å². The third kappa shape index (κ3) is 2.14. The monoisotopic (exact) mass is 251 g/mol. The molecule has 1 aromatic heterocycles. The number of hydrogen-bond acceptors (Lipinski definition) is 3. The first kappa shape index (κ1) is 13.1. The summed E-state index contributed by atoms with van der Waals surface area (Å²) in [7, 11) is 0. The van der Waals surface area contributed by atoms with Crippen molar-refractivity contribution < 1.29 is 9.90 Å². The second kappa shape index (κ2) is 5.10. The number of aromatic nitrogens is 2. The largest absolute Gasteiger partial charge is 0.480 e. The first-order valence-electron chi connectivity index (χ1n) is 6.56. The quantitative estimate of drug-likeness (QED) is 0.862. The summed E-state index contributed by atoms with van der Waals surface area (Å²) in [4.78, 5) is 17.8. The predicted molar refractivity (Wildman–Crippen MR) is 68.4 cm³/mol. The molecule has 1 fully saturated rings. The average Bonchev–Trinajstić information content (AvgIpc) is 2.93. The zero-order chi connectivity index (χ0) is 13.2. The summed E-state index contributed by atoms with van der Waals surface area (Å²) in [6, 6.07) is 0. The van der Waals surface area contributed by atoms with E-state index < -0.39 is 11.5 Å². The Hall–Kier alpha value is -1.36. The van der Waals surface area contributed by atoms with Crippen LogP contribution in [0.15, 0.2) is 12.4 Å². The highest BCUT2D eigenvalue weighted by Crippen LogP contribution is 2.32. The zero-order valence-electron chi connectivity index (χ0n) is 11.1. The van der Waals surface area contributed by atoms with Crippen molar-refractivity contribution >= 4 is 5.97 Å². The SMILES string of the molecule is CCC1(C(=O)O)CCCN1CCn1ccnc1C. The fourth-order valence-electron chi connectivity index (χ4n) is 2.92. The van der Waals surface area contributed by atoms with E-state index in [2.05, 4.69) is 14.5 Å². The molecule has 1 atom stereocenters. The van der Waals surface area contributed by atoms with E-state index >= 15 is 0 Å². The van der Waals surface area contributed by atoms with Gasteiger partial charge in [0.05, 0.1) is 0 Å². The van der Waals surface area contributed by atoms with E-state index in [1.54, 1.807) is 6.20 Å². The van der Waals surface area contributed by atoms with Gasteiger partial charge in [0, 0.05) is 25.5 Å². The molecule has 5 heteroatoms. The van der Waals surface area contributed by atoms with Gasteiger partial charge in [-0.05, 0) is 32.7 Å². The molecule has 2 heterocycles.